The van der Waals surface area contributed by atoms with Crippen LogP contribution in [0.15, 0.2) is 0 Å². The highest BCUT2D eigenvalue weighted by molar-refractivity contribution is 7.38. The van der Waals surface area contributed by atoms with Gasteiger partial charge in [-0.2, -0.15) is 0 Å². The Morgan fingerprint density at radius 1 is 1.50 bits per heavy atom. The number of carbonyl (C=O) groups is 2. The number of hydrogen-bond acceptors (Lipinski definition) is 4. The van der Waals surface area contributed by atoms with Crippen LogP contribution in [0.2, 0.25) is 0 Å². The molecule has 14 heavy (non-hydrogen) atoms. The van der Waals surface area contributed by atoms with Gasteiger partial charge in [0.05, 0.1) is 0 Å². The summed E-state index contributed by atoms with van der Waals surface area (Å²) in [6.45, 7) is 2.58. The summed E-state index contributed by atoms with van der Waals surface area (Å²) in [4.78, 5) is 21.9. The van der Waals surface area contributed by atoms with Crippen LogP contribution < -0.4 is 10.6 Å². The normalized spacial score (nSPS) is 12.9. The lowest BCUT2D eigenvalue weighted by molar-refractivity contribution is -0.128. The molecule has 0 aromatic heterocycles. The Kier molecular flexibility index (Phi) is 5.99. The molecule has 0 heterocycles. The molecule has 80 valence electrons. The van der Waals surface area contributed by atoms with E-state index >= 15 is 0 Å². The predicted molar refractivity (Wildman–Crippen MR) is 51.2 cm³/mol. The minimum atomic E-state index is -1.77. The number of amides is 2. The van der Waals surface area contributed by atoms with E-state index in [4.69, 9.17) is 4.52 Å². The maximum Gasteiger partial charge on any atom is 0.504 e. The molecule has 7 heteroatoms. The lowest BCUT2D eigenvalue weighted by Gasteiger charge is -2.12. The number of carbonyl (C=O) groups excluding carboxylic acids is 2. The summed E-state index contributed by atoms with van der Waals surface area (Å²) in [7, 11) is -0.322. The van der Waals surface area contributed by atoms with Gasteiger partial charge in [0, 0.05) is 14.0 Å². The molecule has 6 nitrogen and oxygen atoms in total. The van der Waals surface area contributed by atoms with Crippen molar-refractivity contribution < 1.29 is 18.7 Å². The van der Waals surface area contributed by atoms with Gasteiger partial charge in [0.25, 0.3) is 0 Å². The van der Waals surface area contributed by atoms with Crippen molar-refractivity contribution in [2.45, 2.75) is 13.0 Å². The Morgan fingerprint density at radius 3 is 2.43 bits per heavy atom. The van der Waals surface area contributed by atoms with Crippen LogP contribution >= 0.6 is 8.03 Å². The third kappa shape index (κ3) is 5.61. The summed E-state index contributed by atoms with van der Waals surface area (Å²) in [5.41, 5.74) is 0. The number of hydrogen-bond donors (Lipinski definition) is 2. The molecule has 0 bridgehead atoms. The molecule has 0 spiro atoms. The van der Waals surface area contributed by atoms with Gasteiger partial charge in [-0.15, -0.1) is 4.52 Å². The van der Waals surface area contributed by atoms with Crippen LogP contribution in [0, 0.1) is 0 Å². The molecule has 2 atom stereocenters. The molecule has 2 N–H and O–H groups in total. The van der Waals surface area contributed by atoms with Crippen LogP contribution in [0.4, 0.5) is 0 Å². The summed E-state index contributed by atoms with van der Waals surface area (Å²) in [6.07, 6.45) is 0. The highest BCUT2D eigenvalue weighted by Crippen LogP contribution is 2.14. The Hall–Kier alpha value is -1.00. The van der Waals surface area contributed by atoms with Crippen LogP contribution in [0.3, 0.4) is 0 Å². The van der Waals surface area contributed by atoms with Crippen LogP contribution in [0.25, 0.3) is 0 Å². The molecule has 0 aliphatic heterocycles. The van der Waals surface area contributed by atoms with E-state index in [2.05, 4.69) is 10.6 Å². The average Bonchev–Trinajstić information content (AvgIpc) is 2.10. The molecule has 0 aliphatic carbocycles. The molecule has 0 aromatic rings. The zero-order valence-corrected chi connectivity index (χ0v) is 9.26. The molecule has 0 saturated carbocycles. The summed E-state index contributed by atoms with van der Waals surface area (Å²) in [5, 5.41) is 4.75. The lowest BCUT2D eigenvalue weighted by Crippen LogP contribution is -2.47. The molecule has 0 aromatic carbocycles. The van der Waals surface area contributed by atoms with Gasteiger partial charge in [0.2, 0.25) is 11.8 Å². The first kappa shape index (κ1) is 13.0. The van der Waals surface area contributed by atoms with Gasteiger partial charge in [-0.3, -0.25) is 9.59 Å². The number of nitrogens with one attached hydrogen (secondary N) is 2. The van der Waals surface area contributed by atoms with E-state index in [0.29, 0.717) is 0 Å². The van der Waals surface area contributed by atoms with Gasteiger partial charge in [0.15, 0.2) is 6.66 Å². The molecule has 0 rings (SSSR count). The van der Waals surface area contributed by atoms with Gasteiger partial charge >= 0.3 is 8.03 Å². The summed E-state index contributed by atoms with van der Waals surface area (Å²) in [5.74, 6) is -0.717. The second-order valence-corrected chi connectivity index (χ2v) is 3.74. The molecule has 0 radical (unpaired) electrons. The quantitative estimate of drug-likeness (QED) is 0.620. The van der Waals surface area contributed by atoms with Crippen molar-refractivity contribution in [3.8, 4) is 0 Å². The smallest absolute Gasteiger partial charge is 0.357 e. The zero-order chi connectivity index (χ0) is 11.1. The minimum absolute atomic E-state index is 0.0923. The van der Waals surface area contributed by atoms with E-state index in [-0.39, 0.29) is 18.4 Å². The van der Waals surface area contributed by atoms with Crippen molar-refractivity contribution in [2.75, 3.05) is 20.3 Å². The third-order valence-electron chi connectivity index (χ3n) is 1.36. The Bertz CT molecular complexity index is 244. The van der Waals surface area contributed by atoms with Crippen LogP contribution in [0.5, 0.6) is 0 Å². The highest BCUT2D eigenvalue weighted by Gasteiger charge is 2.22. The first-order valence-electron chi connectivity index (χ1n) is 3.99. The van der Waals surface area contributed by atoms with Crippen molar-refractivity contribution >= 4 is 19.8 Å². The fraction of sp³-hybridized carbons (Fsp3) is 0.714. The van der Waals surface area contributed by atoms with Gasteiger partial charge in [-0.05, 0) is 4.57 Å². The van der Waals surface area contributed by atoms with E-state index in [9.17, 15) is 14.2 Å². The van der Waals surface area contributed by atoms with Crippen molar-refractivity contribution in [3.63, 3.8) is 0 Å². The van der Waals surface area contributed by atoms with Gasteiger partial charge < -0.3 is 10.6 Å². The largest absolute Gasteiger partial charge is 0.504 e. The molecule has 0 fully saturated rings. The van der Waals surface area contributed by atoms with Gasteiger partial charge in [-0.25, -0.2) is 0 Å². The van der Waals surface area contributed by atoms with Gasteiger partial charge in [0.1, 0.15) is 12.6 Å². The van der Waals surface area contributed by atoms with Crippen LogP contribution in [0.1, 0.15) is 6.92 Å². The van der Waals surface area contributed by atoms with Crippen molar-refractivity contribution in [3.05, 3.63) is 0 Å². The van der Waals surface area contributed by atoms with E-state index < -0.39 is 14.1 Å². The molecule has 2 amide bonds. The minimum Gasteiger partial charge on any atom is -0.357 e. The first-order valence-corrected chi connectivity index (χ1v) is 5.62. The molecule has 2 unspecified atom stereocenters. The predicted octanol–water partition coefficient (Wildman–Crippen LogP) is -0.374. The number of likely N-dealkylation sites (N-methyl/N-ethyl adjacent to an activating group) is 1. The van der Waals surface area contributed by atoms with Crippen LogP contribution in [-0.4, -0.2) is 38.2 Å². The third-order valence-corrected chi connectivity index (χ3v) is 1.88. The molecule has 0 aliphatic rings. The highest BCUT2D eigenvalue weighted by atomic mass is 31.1. The summed E-state index contributed by atoms with van der Waals surface area (Å²) >= 11 is 0. The fourth-order valence-corrected chi connectivity index (χ4v) is 1.14. The van der Waals surface area contributed by atoms with E-state index in [0.717, 1.165) is 0 Å². The molecule has 0 saturated heterocycles. The monoisotopic (exact) mass is 221 g/mol. The van der Waals surface area contributed by atoms with E-state index in [1.165, 1.54) is 20.6 Å². The molecular formula is C7H14N2O4P+. The lowest BCUT2D eigenvalue weighted by atomic mass is 10.3. The topological polar surface area (TPSA) is 84.5 Å². The second-order valence-electron chi connectivity index (χ2n) is 2.60. The van der Waals surface area contributed by atoms with E-state index in [1.807, 2.05) is 0 Å². The van der Waals surface area contributed by atoms with Crippen LogP contribution in [-0.2, 0) is 18.7 Å². The second kappa shape index (κ2) is 6.45. The first-order chi connectivity index (χ1) is 6.47. The average molecular weight is 221 g/mol. The Balaban J connectivity index is 4.17. The van der Waals surface area contributed by atoms with E-state index in [1.54, 1.807) is 0 Å². The van der Waals surface area contributed by atoms with Crippen molar-refractivity contribution in [1.82, 2.24) is 10.6 Å². The SMILES string of the molecule is CNC(=O)C(CO[P+](C)=O)NC(C)=O. The summed E-state index contributed by atoms with van der Waals surface area (Å²) in [6, 6.07) is -0.795. The van der Waals surface area contributed by atoms with Gasteiger partial charge in [-0.1, -0.05) is 0 Å². The Labute approximate surface area is 83.3 Å². The standard InChI is InChI=1S/C7H13N2O4P/c1-5(10)9-6(7(11)8-2)4-13-14(3)12/h6H,4H2,1-3H3,(H-,8,9,10,11)/p+1. The summed E-state index contributed by atoms with van der Waals surface area (Å²) < 4.78 is 15.4. The van der Waals surface area contributed by atoms with Crippen molar-refractivity contribution in [1.29, 1.82) is 0 Å². The maximum absolute atomic E-state index is 11.2. The number of rotatable bonds is 5. The molecular weight excluding hydrogens is 207 g/mol. The Morgan fingerprint density at radius 2 is 2.07 bits per heavy atom. The maximum atomic E-state index is 11.2. The van der Waals surface area contributed by atoms with Crippen molar-refractivity contribution in [2.24, 2.45) is 0 Å². The zero-order valence-electron chi connectivity index (χ0n) is 8.36. The fourth-order valence-electron chi connectivity index (χ4n) is 0.782.